The van der Waals surface area contributed by atoms with Crippen molar-refractivity contribution >= 4 is 15.9 Å². The number of benzene rings is 1. The first-order valence-corrected chi connectivity index (χ1v) is 6.40. The predicted molar refractivity (Wildman–Crippen MR) is 69.8 cm³/mol. The van der Waals surface area contributed by atoms with E-state index < -0.39 is 0 Å². The maximum atomic E-state index is 6.13. The molecule has 0 aromatic heterocycles. The Morgan fingerprint density at radius 3 is 2.60 bits per heavy atom. The zero-order chi connectivity index (χ0) is 11.3. The summed E-state index contributed by atoms with van der Waals surface area (Å²) >= 11 is 3.47. The van der Waals surface area contributed by atoms with Crippen molar-refractivity contribution in [2.24, 2.45) is 11.7 Å². The Hall–Kier alpha value is -0.340. The van der Waals surface area contributed by atoms with Crippen LogP contribution in [0.4, 0.5) is 0 Å². The molecular weight excluding hydrogens is 250 g/mol. The second kappa shape index (κ2) is 6.29. The number of halogens is 1. The molecule has 0 amide bonds. The first-order chi connectivity index (χ1) is 7.09. The molecule has 1 rings (SSSR count). The van der Waals surface area contributed by atoms with E-state index in [0.29, 0.717) is 0 Å². The highest BCUT2D eigenvalue weighted by Crippen LogP contribution is 2.21. The predicted octanol–water partition coefficient (Wildman–Crippen LogP) is 4.28. The average molecular weight is 270 g/mol. The van der Waals surface area contributed by atoms with E-state index in [0.717, 1.165) is 16.8 Å². The highest BCUT2D eigenvalue weighted by molar-refractivity contribution is 9.10. The lowest BCUT2D eigenvalue weighted by atomic mass is 9.99. The minimum atomic E-state index is 0.182. The fraction of sp³-hybridized carbons (Fsp3) is 0.538. The molecule has 0 spiro atoms. The van der Waals surface area contributed by atoms with Crippen LogP contribution in [-0.4, -0.2) is 0 Å². The molecule has 0 radical (unpaired) electrons. The van der Waals surface area contributed by atoms with Gasteiger partial charge in [-0.25, -0.2) is 0 Å². The van der Waals surface area contributed by atoms with Crippen LogP contribution in [0.25, 0.3) is 0 Å². The van der Waals surface area contributed by atoms with Crippen LogP contribution in [0, 0.1) is 5.92 Å². The van der Waals surface area contributed by atoms with Crippen molar-refractivity contribution in [3.05, 3.63) is 34.3 Å². The van der Waals surface area contributed by atoms with Crippen LogP contribution in [0.2, 0.25) is 0 Å². The van der Waals surface area contributed by atoms with E-state index >= 15 is 0 Å². The van der Waals surface area contributed by atoms with Crippen LogP contribution in [0.1, 0.15) is 44.7 Å². The molecule has 0 fully saturated rings. The minimum Gasteiger partial charge on any atom is -0.324 e. The third kappa shape index (κ3) is 4.80. The normalized spacial score (nSPS) is 13.1. The molecule has 84 valence electrons. The summed E-state index contributed by atoms with van der Waals surface area (Å²) in [6.07, 6.45) is 3.56. The smallest absolute Gasteiger partial charge is 0.0295 e. The maximum Gasteiger partial charge on any atom is 0.0295 e. The van der Waals surface area contributed by atoms with Crippen LogP contribution < -0.4 is 5.73 Å². The molecule has 15 heavy (non-hydrogen) atoms. The van der Waals surface area contributed by atoms with E-state index in [-0.39, 0.29) is 6.04 Å². The summed E-state index contributed by atoms with van der Waals surface area (Å²) in [4.78, 5) is 0. The summed E-state index contributed by atoms with van der Waals surface area (Å²) in [5, 5.41) is 0. The topological polar surface area (TPSA) is 26.0 Å². The number of hydrogen-bond donors (Lipinski definition) is 1. The Bertz CT molecular complexity index is 296. The summed E-state index contributed by atoms with van der Waals surface area (Å²) in [6, 6.07) is 8.47. The van der Waals surface area contributed by atoms with Gasteiger partial charge >= 0.3 is 0 Å². The second-order valence-corrected chi connectivity index (χ2v) is 5.40. The maximum absolute atomic E-state index is 6.13. The first kappa shape index (κ1) is 12.7. The molecule has 1 unspecified atom stereocenters. The summed E-state index contributed by atoms with van der Waals surface area (Å²) in [7, 11) is 0. The lowest BCUT2D eigenvalue weighted by Crippen LogP contribution is -2.10. The number of nitrogens with two attached hydrogens (primary N) is 1. The van der Waals surface area contributed by atoms with Gasteiger partial charge in [-0.2, -0.15) is 0 Å². The largest absolute Gasteiger partial charge is 0.324 e. The van der Waals surface area contributed by atoms with Crippen molar-refractivity contribution < 1.29 is 0 Å². The minimum absolute atomic E-state index is 0.182. The molecule has 1 aromatic rings. The van der Waals surface area contributed by atoms with Gasteiger partial charge in [0.05, 0.1) is 0 Å². The molecule has 1 nitrogen and oxygen atoms in total. The molecule has 0 aliphatic heterocycles. The SMILES string of the molecule is CC(C)CCCC(N)c1cccc(Br)c1. The van der Waals surface area contributed by atoms with E-state index in [4.69, 9.17) is 5.73 Å². The van der Waals surface area contributed by atoms with E-state index in [1.54, 1.807) is 0 Å². The van der Waals surface area contributed by atoms with Crippen molar-refractivity contribution in [1.29, 1.82) is 0 Å². The van der Waals surface area contributed by atoms with Gasteiger partial charge in [0.15, 0.2) is 0 Å². The van der Waals surface area contributed by atoms with Gasteiger partial charge in [-0.15, -0.1) is 0 Å². The van der Waals surface area contributed by atoms with Crippen molar-refractivity contribution in [1.82, 2.24) is 0 Å². The highest BCUT2D eigenvalue weighted by Gasteiger charge is 2.06. The highest BCUT2D eigenvalue weighted by atomic mass is 79.9. The molecule has 0 aliphatic rings. The molecule has 0 saturated carbocycles. The van der Waals surface area contributed by atoms with Crippen molar-refractivity contribution in [3.8, 4) is 0 Å². The third-order valence-electron chi connectivity index (χ3n) is 2.57. The molecule has 0 aliphatic carbocycles. The lowest BCUT2D eigenvalue weighted by Gasteiger charge is -2.13. The van der Waals surface area contributed by atoms with Gasteiger partial charge in [-0.1, -0.05) is 54.8 Å². The van der Waals surface area contributed by atoms with Gasteiger partial charge in [0.25, 0.3) is 0 Å². The van der Waals surface area contributed by atoms with Gasteiger partial charge in [-0.05, 0) is 30.0 Å². The van der Waals surface area contributed by atoms with E-state index in [9.17, 15) is 0 Å². The van der Waals surface area contributed by atoms with Crippen LogP contribution in [-0.2, 0) is 0 Å². The van der Waals surface area contributed by atoms with Crippen molar-refractivity contribution in [3.63, 3.8) is 0 Å². The number of rotatable bonds is 5. The Kier molecular flexibility index (Phi) is 5.34. The third-order valence-corrected chi connectivity index (χ3v) is 3.07. The molecule has 0 bridgehead atoms. The Morgan fingerprint density at radius 1 is 1.27 bits per heavy atom. The number of hydrogen-bond acceptors (Lipinski definition) is 1. The molecule has 2 N–H and O–H groups in total. The van der Waals surface area contributed by atoms with Crippen molar-refractivity contribution in [2.75, 3.05) is 0 Å². The quantitative estimate of drug-likeness (QED) is 0.849. The summed E-state index contributed by atoms with van der Waals surface area (Å²) in [6.45, 7) is 4.51. The first-order valence-electron chi connectivity index (χ1n) is 5.60. The van der Waals surface area contributed by atoms with Crippen LogP contribution in [0.15, 0.2) is 28.7 Å². The monoisotopic (exact) mass is 269 g/mol. The van der Waals surface area contributed by atoms with Gasteiger partial charge in [0, 0.05) is 10.5 Å². The van der Waals surface area contributed by atoms with Crippen LogP contribution in [0.5, 0.6) is 0 Å². The summed E-state index contributed by atoms with van der Waals surface area (Å²) < 4.78 is 1.11. The van der Waals surface area contributed by atoms with Crippen LogP contribution >= 0.6 is 15.9 Å². The van der Waals surface area contributed by atoms with Gasteiger partial charge in [-0.3, -0.25) is 0 Å². The zero-order valence-corrected chi connectivity index (χ0v) is 11.1. The molecule has 1 atom stereocenters. The van der Waals surface area contributed by atoms with Crippen LogP contribution in [0.3, 0.4) is 0 Å². The van der Waals surface area contributed by atoms with E-state index in [2.05, 4.69) is 41.9 Å². The fourth-order valence-corrected chi connectivity index (χ4v) is 2.07. The average Bonchev–Trinajstić information content (AvgIpc) is 2.17. The van der Waals surface area contributed by atoms with Gasteiger partial charge < -0.3 is 5.73 Å². The molecular formula is C13H20BrN. The van der Waals surface area contributed by atoms with Crippen molar-refractivity contribution in [2.45, 2.75) is 39.2 Å². The van der Waals surface area contributed by atoms with E-state index in [1.165, 1.54) is 18.4 Å². The van der Waals surface area contributed by atoms with Gasteiger partial charge in [0.1, 0.15) is 0 Å². The molecule has 1 aromatic carbocycles. The lowest BCUT2D eigenvalue weighted by molar-refractivity contribution is 0.505. The standard InChI is InChI=1S/C13H20BrN/c1-10(2)5-3-8-13(15)11-6-4-7-12(14)9-11/h4,6-7,9-10,13H,3,5,8,15H2,1-2H3. The summed E-state index contributed by atoms with van der Waals surface area (Å²) in [5.74, 6) is 0.778. The Balaban J connectivity index is 2.43. The van der Waals surface area contributed by atoms with Gasteiger partial charge in [0.2, 0.25) is 0 Å². The molecule has 0 saturated heterocycles. The van der Waals surface area contributed by atoms with E-state index in [1.807, 2.05) is 12.1 Å². The Morgan fingerprint density at radius 2 is 2.00 bits per heavy atom. The molecule has 2 heteroatoms. The zero-order valence-electron chi connectivity index (χ0n) is 9.54. The summed E-state index contributed by atoms with van der Waals surface area (Å²) in [5.41, 5.74) is 7.36. The Labute approximate surface area is 101 Å². The fourth-order valence-electron chi connectivity index (χ4n) is 1.65. The molecule has 0 heterocycles. The second-order valence-electron chi connectivity index (χ2n) is 4.49.